The number of thiazole rings is 1. The minimum absolute atomic E-state index is 0.112. The Bertz CT molecular complexity index is 1500. The molecule has 2 heterocycles. The summed E-state index contributed by atoms with van der Waals surface area (Å²) in [5.74, 6) is -2.23. The van der Waals surface area contributed by atoms with Gasteiger partial charge in [0.2, 0.25) is 0 Å². The lowest BCUT2D eigenvalue weighted by molar-refractivity contribution is -0.120. The van der Waals surface area contributed by atoms with Crippen molar-refractivity contribution < 1.29 is 18.8 Å². The van der Waals surface area contributed by atoms with E-state index in [0.29, 0.717) is 16.4 Å². The molecule has 2 N–H and O–H groups in total. The van der Waals surface area contributed by atoms with Crippen LogP contribution in [0.2, 0.25) is 0 Å². The molecule has 0 atom stereocenters. The molecule has 36 heavy (non-hydrogen) atoms. The van der Waals surface area contributed by atoms with Crippen molar-refractivity contribution >= 4 is 57.2 Å². The van der Waals surface area contributed by atoms with Gasteiger partial charge in [-0.1, -0.05) is 41.9 Å². The summed E-state index contributed by atoms with van der Waals surface area (Å²) in [5, 5.41) is 7.66. The summed E-state index contributed by atoms with van der Waals surface area (Å²) in [7, 11) is 0. The van der Waals surface area contributed by atoms with Crippen molar-refractivity contribution in [3.8, 4) is 11.3 Å². The van der Waals surface area contributed by atoms with Crippen LogP contribution in [0, 0.1) is 5.82 Å². The molecule has 3 amide bonds. The molecule has 0 unspecified atom stereocenters. The monoisotopic (exact) mass is 518 g/mol. The Hall–Kier alpha value is -4.34. The lowest BCUT2D eigenvalue weighted by atomic mass is 10.2. The summed E-state index contributed by atoms with van der Waals surface area (Å²) in [5.41, 5.74) is 2.63. The molecule has 4 aromatic rings. The van der Waals surface area contributed by atoms with Crippen LogP contribution in [-0.4, -0.2) is 22.7 Å². The van der Waals surface area contributed by atoms with E-state index in [2.05, 4.69) is 15.6 Å². The molecule has 5 rings (SSSR count). The SMILES string of the molecule is O=C(Nc1nc(-c2ccccc2)cs1)c1ccc(NC2=C(Cl)C(=O)N(c3ccc(F)cc3)C2=O)cc1. The van der Waals surface area contributed by atoms with Gasteiger partial charge in [-0.25, -0.2) is 14.3 Å². The smallest absolute Gasteiger partial charge is 0.283 e. The van der Waals surface area contributed by atoms with Crippen LogP contribution in [-0.2, 0) is 9.59 Å². The van der Waals surface area contributed by atoms with Crippen molar-refractivity contribution in [3.63, 3.8) is 0 Å². The Morgan fingerprint density at radius 2 is 1.61 bits per heavy atom. The van der Waals surface area contributed by atoms with Crippen molar-refractivity contribution in [2.75, 3.05) is 15.5 Å². The topological polar surface area (TPSA) is 91.4 Å². The first-order valence-corrected chi connectivity index (χ1v) is 11.9. The first kappa shape index (κ1) is 23.4. The van der Waals surface area contributed by atoms with E-state index in [1.54, 1.807) is 24.3 Å². The van der Waals surface area contributed by atoms with Crippen molar-refractivity contribution in [3.05, 3.63) is 106 Å². The zero-order valence-electron chi connectivity index (χ0n) is 18.4. The fourth-order valence-electron chi connectivity index (χ4n) is 3.53. The minimum atomic E-state index is -0.718. The summed E-state index contributed by atoms with van der Waals surface area (Å²) >= 11 is 7.45. The van der Waals surface area contributed by atoms with Crippen LogP contribution in [0.4, 0.5) is 20.9 Å². The number of hydrogen-bond donors (Lipinski definition) is 2. The maximum absolute atomic E-state index is 13.2. The third-order valence-electron chi connectivity index (χ3n) is 5.32. The molecular weight excluding hydrogens is 503 g/mol. The van der Waals surface area contributed by atoms with Gasteiger partial charge >= 0.3 is 0 Å². The Morgan fingerprint density at radius 1 is 0.917 bits per heavy atom. The second-order valence-electron chi connectivity index (χ2n) is 7.67. The van der Waals surface area contributed by atoms with Gasteiger partial charge < -0.3 is 5.32 Å². The standard InChI is InChI=1S/C26H16ClFN4O3S/c27-21-22(25(35)32(24(21)34)19-12-8-17(28)9-13-19)29-18-10-6-16(7-11-18)23(33)31-26-30-20(14-36-26)15-4-2-1-3-5-15/h1-14,29H,(H,30,31,33). The van der Waals surface area contributed by atoms with Crippen molar-refractivity contribution in [2.45, 2.75) is 0 Å². The van der Waals surface area contributed by atoms with Crippen LogP contribution >= 0.6 is 22.9 Å². The highest BCUT2D eigenvalue weighted by atomic mass is 35.5. The molecule has 0 bridgehead atoms. The van der Waals surface area contributed by atoms with E-state index < -0.39 is 17.6 Å². The number of benzene rings is 3. The summed E-state index contributed by atoms with van der Waals surface area (Å²) in [4.78, 5) is 43.3. The van der Waals surface area contributed by atoms with Crippen molar-refractivity contribution in [2.24, 2.45) is 0 Å². The highest BCUT2D eigenvalue weighted by Gasteiger charge is 2.38. The van der Waals surface area contributed by atoms with Crippen LogP contribution in [0.25, 0.3) is 11.3 Å². The molecule has 3 aromatic carbocycles. The van der Waals surface area contributed by atoms with Gasteiger partial charge in [-0.05, 0) is 48.5 Å². The van der Waals surface area contributed by atoms with Gasteiger partial charge in [0.25, 0.3) is 17.7 Å². The highest BCUT2D eigenvalue weighted by Crippen LogP contribution is 2.30. The van der Waals surface area contributed by atoms with E-state index in [9.17, 15) is 18.8 Å². The highest BCUT2D eigenvalue weighted by molar-refractivity contribution is 7.14. The van der Waals surface area contributed by atoms with Gasteiger partial charge in [0.1, 0.15) is 16.5 Å². The Balaban J connectivity index is 1.26. The molecule has 1 aromatic heterocycles. The zero-order valence-corrected chi connectivity index (χ0v) is 19.9. The minimum Gasteiger partial charge on any atom is -0.350 e. The predicted octanol–water partition coefficient (Wildman–Crippen LogP) is 5.64. The second-order valence-corrected chi connectivity index (χ2v) is 8.91. The molecule has 178 valence electrons. The largest absolute Gasteiger partial charge is 0.350 e. The van der Waals surface area contributed by atoms with Gasteiger partial charge in [0, 0.05) is 22.2 Å². The molecule has 7 nitrogen and oxygen atoms in total. The van der Waals surface area contributed by atoms with Crippen LogP contribution in [0.1, 0.15) is 10.4 Å². The number of carbonyl (C=O) groups is 3. The van der Waals surface area contributed by atoms with Crippen LogP contribution < -0.4 is 15.5 Å². The van der Waals surface area contributed by atoms with Crippen LogP contribution in [0.3, 0.4) is 0 Å². The number of halogens is 2. The molecule has 0 saturated carbocycles. The maximum Gasteiger partial charge on any atom is 0.283 e. The average molecular weight is 519 g/mol. The summed E-state index contributed by atoms with van der Waals surface area (Å²) in [6, 6.07) is 20.9. The second kappa shape index (κ2) is 9.73. The van der Waals surface area contributed by atoms with E-state index in [-0.39, 0.29) is 22.3 Å². The Kier molecular flexibility index (Phi) is 6.32. The number of aromatic nitrogens is 1. The van der Waals surface area contributed by atoms with E-state index in [4.69, 9.17) is 11.6 Å². The van der Waals surface area contributed by atoms with E-state index in [1.807, 2.05) is 35.7 Å². The molecule has 10 heteroatoms. The molecule has 0 saturated heterocycles. The molecule has 0 aliphatic carbocycles. The lowest BCUT2D eigenvalue weighted by Crippen LogP contribution is -2.32. The van der Waals surface area contributed by atoms with Gasteiger partial charge in [0.05, 0.1) is 11.4 Å². The predicted molar refractivity (Wildman–Crippen MR) is 137 cm³/mol. The number of nitrogens with one attached hydrogen (secondary N) is 2. The van der Waals surface area contributed by atoms with Crippen LogP contribution in [0.15, 0.2) is 95.0 Å². The quantitative estimate of drug-likeness (QED) is 0.322. The van der Waals surface area contributed by atoms with E-state index in [0.717, 1.165) is 28.3 Å². The van der Waals surface area contributed by atoms with Gasteiger partial charge in [0.15, 0.2) is 5.13 Å². The Labute approximate surface area is 213 Å². The zero-order chi connectivity index (χ0) is 25.2. The fraction of sp³-hybridized carbons (Fsp3) is 0. The molecular formula is C26H16ClFN4O3S. The molecule has 0 fully saturated rings. The third-order valence-corrected chi connectivity index (χ3v) is 6.43. The van der Waals surface area contributed by atoms with Crippen molar-refractivity contribution in [1.29, 1.82) is 0 Å². The summed E-state index contributed by atoms with van der Waals surface area (Å²) in [6.45, 7) is 0. The maximum atomic E-state index is 13.2. The summed E-state index contributed by atoms with van der Waals surface area (Å²) < 4.78 is 13.2. The third kappa shape index (κ3) is 4.61. The average Bonchev–Trinajstić information content (AvgIpc) is 3.44. The van der Waals surface area contributed by atoms with Crippen molar-refractivity contribution in [1.82, 2.24) is 4.98 Å². The number of imide groups is 1. The molecule has 1 aliphatic heterocycles. The first-order valence-electron chi connectivity index (χ1n) is 10.6. The number of amides is 3. The molecule has 1 aliphatic rings. The van der Waals surface area contributed by atoms with Gasteiger partial charge in [-0.15, -0.1) is 11.3 Å². The fourth-order valence-corrected chi connectivity index (χ4v) is 4.45. The van der Waals surface area contributed by atoms with Gasteiger partial charge in [-0.2, -0.15) is 0 Å². The number of nitrogens with zero attached hydrogens (tertiary/aromatic N) is 2. The number of anilines is 3. The molecule has 0 radical (unpaired) electrons. The molecule has 0 spiro atoms. The Morgan fingerprint density at radius 3 is 2.31 bits per heavy atom. The summed E-state index contributed by atoms with van der Waals surface area (Å²) in [6.07, 6.45) is 0. The van der Waals surface area contributed by atoms with E-state index >= 15 is 0 Å². The lowest BCUT2D eigenvalue weighted by Gasteiger charge is -2.15. The number of carbonyl (C=O) groups excluding carboxylic acids is 3. The normalized spacial score (nSPS) is 13.3. The number of hydrogen-bond acceptors (Lipinski definition) is 6. The first-order chi connectivity index (χ1) is 17.4. The number of rotatable bonds is 6. The van der Waals surface area contributed by atoms with E-state index in [1.165, 1.54) is 23.5 Å². The van der Waals surface area contributed by atoms with Crippen LogP contribution in [0.5, 0.6) is 0 Å². The van der Waals surface area contributed by atoms with Gasteiger partial charge in [-0.3, -0.25) is 19.7 Å².